The Balaban J connectivity index is 0.00000312. The third kappa shape index (κ3) is 7.27. The first-order valence-electron chi connectivity index (χ1n) is 7.95. The maximum absolute atomic E-state index is 12.2. The van der Waals surface area contributed by atoms with Gasteiger partial charge in [-0.2, -0.15) is 0 Å². The largest absolute Gasteiger partial charge is 0.467 e. The number of halogens is 1. The van der Waals surface area contributed by atoms with Crippen molar-refractivity contribution in [2.24, 2.45) is 5.73 Å². The Morgan fingerprint density at radius 2 is 2.08 bits per heavy atom. The van der Waals surface area contributed by atoms with Gasteiger partial charge in [0, 0.05) is 5.69 Å². The Morgan fingerprint density at radius 1 is 1.28 bits per heavy atom. The number of ether oxygens (including phenoxy) is 2. The van der Waals surface area contributed by atoms with Gasteiger partial charge in [0.1, 0.15) is 12.0 Å². The SMILES string of the molecule is CC(C)OCCOCc1cccc(NC(=O)c2coc(CN)c2)c1.Cl. The van der Waals surface area contributed by atoms with Gasteiger partial charge in [0.05, 0.1) is 38.0 Å². The van der Waals surface area contributed by atoms with Gasteiger partial charge in [0.25, 0.3) is 5.91 Å². The summed E-state index contributed by atoms with van der Waals surface area (Å²) in [6.07, 6.45) is 1.61. The molecule has 3 N–H and O–H groups in total. The van der Waals surface area contributed by atoms with Gasteiger partial charge in [-0.1, -0.05) is 12.1 Å². The molecule has 1 amide bonds. The van der Waals surface area contributed by atoms with Crippen LogP contribution in [-0.4, -0.2) is 25.2 Å². The highest BCUT2D eigenvalue weighted by atomic mass is 35.5. The fraction of sp³-hybridized carbons (Fsp3) is 0.389. The van der Waals surface area contributed by atoms with Crippen molar-refractivity contribution in [2.45, 2.75) is 33.1 Å². The van der Waals surface area contributed by atoms with Crippen LogP contribution in [0.25, 0.3) is 0 Å². The second-order valence-electron chi connectivity index (χ2n) is 5.63. The standard InChI is InChI=1S/C18H24N2O4.ClH/c1-13(2)23-7-6-22-11-14-4-3-5-16(8-14)20-18(21)15-9-17(10-19)24-12-15;/h3-5,8-9,12-13H,6-7,10-11,19H2,1-2H3,(H,20,21);1H. The predicted octanol–water partition coefficient (Wildman–Crippen LogP) is 3.35. The summed E-state index contributed by atoms with van der Waals surface area (Å²) in [5, 5.41) is 2.83. The minimum Gasteiger partial charge on any atom is -0.467 e. The van der Waals surface area contributed by atoms with E-state index in [1.807, 2.05) is 38.1 Å². The number of anilines is 1. The van der Waals surface area contributed by atoms with Gasteiger partial charge in [-0.15, -0.1) is 12.4 Å². The molecule has 7 heteroatoms. The van der Waals surface area contributed by atoms with E-state index in [0.717, 1.165) is 5.56 Å². The highest BCUT2D eigenvalue weighted by Crippen LogP contribution is 2.14. The average Bonchev–Trinajstić information content (AvgIpc) is 3.04. The van der Waals surface area contributed by atoms with Crippen molar-refractivity contribution >= 4 is 24.0 Å². The Labute approximate surface area is 154 Å². The third-order valence-electron chi connectivity index (χ3n) is 3.25. The normalized spacial score (nSPS) is 10.6. The maximum Gasteiger partial charge on any atom is 0.258 e. The number of carbonyl (C=O) groups is 1. The first-order valence-corrected chi connectivity index (χ1v) is 7.95. The highest BCUT2D eigenvalue weighted by Gasteiger charge is 2.10. The summed E-state index contributed by atoms with van der Waals surface area (Å²) in [5.41, 5.74) is 7.60. The van der Waals surface area contributed by atoms with Crippen LogP contribution in [0.2, 0.25) is 0 Å². The zero-order chi connectivity index (χ0) is 17.4. The van der Waals surface area contributed by atoms with Gasteiger partial charge in [0.2, 0.25) is 0 Å². The molecule has 0 aliphatic heterocycles. The fourth-order valence-electron chi connectivity index (χ4n) is 2.08. The molecule has 1 heterocycles. The second kappa shape index (κ2) is 10.9. The molecule has 0 unspecified atom stereocenters. The monoisotopic (exact) mass is 368 g/mol. The van der Waals surface area contributed by atoms with E-state index in [2.05, 4.69) is 5.32 Å². The number of benzene rings is 1. The van der Waals surface area contributed by atoms with Crippen LogP contribution in [0, 0.1) is 0 Å². The quantitative estimate of drug-likeness (QED) is 0.663. The van der Waals surface area contributed by atoms with E-state index in [4.69, 9.17) is 19.6 Å². The number of nitrogens with one attached hydrogen (secondary N) is 1. The summed E-state index contributed by atoms with van der Waals surface area (Å²) in [6.45, 7) is 5.81. The Bertz CT molecular complexity index is 658. The second-order valence-corrected chi connectivity index (χ2v) is 5.63. The number of furan rings is 1. The van der Waals surface area contributed by atoms with Crippen LogP contribution in [0.4, 0.5) is 5.69 Å². The van der Waals surface area contributed by atoms with E-state index in [1.165, 1.54) is 6.26 Å². The first kappa shape index (κ1) is 21.2. The van der Waals surface area contributed by atoms with Crippen molar-refractivity contribution in [2.75, 3.05) is 18.5 Å². The van der Waals surface area contributed by atoms with Gasteiger partial charge in [-0.3, -0.25) is 4.79 Å². The molecule has 25 heavy (non-hydrogen) atoms. The molecule has 0 atom stereocenters. The summed E-state index contributed by atoms with van der Waals surface area (Å²) in [4.78, 5) is 12.2. The van der Waals surface area contributed by atoms with E-state index in [9.17, 15) is 4.79 Å². The summed E-state index contributed by atoms with van der Waals surface area (Å²) in [7, 11) is 0. The smallest absolute Gasteiger partial charge is 0.258 e. The van der Waals surface area contributed by atoms with Crippen LogP contribution in [0.5, 0.6) is 0 Å². The highest BCUT2D eigenvalue weighted by molar-refractivity contribution is 6.04. The van der Waals surface area contributed by atoms with Crippen molar-refractivity contribution in [1.82, 2.24) is 0 Å². The molecule has 0 bridgehead atoms. The van der Waals surface area contributed by atoms with Crippen LogP contribution in [-0.2, 0) is 22.6 Å². The van der Waals surface area contributed by atoms with Crippen LogP contribution in [0.1, 0.15) is 35.5 Å². The molecule has 0 radical (unpaired) electrons. The molecule has 0 saturated heterocycles. The molecule has 138 valence electrons. The van der Waals surface area contributed by atoms with Crippen molar-refractivity contribution in [3.63, 3.8) is 0 Å². The van der Waals surface area contributed by atoms with Crippen molar-refractivity contribution in [1.29, 1.82) is 0 Å². The molecular formula is C18H25ClN2O4. The summed E-state index contributed by atoms with van der Waals surface area (Å²) >= 11 is 0. The van der Waals surface area contributed by atoms with E-state index >= 15 is 0 Å². The molecule has 0 spiro atoms. The van der Waals surface area contributed by atoms with Crippen LogP contribution in [0.15, 0.2) is 41.0 Å². The zero-order valence-corrected chi connectivity index (χ0v) is 15.3. The molecule has 2 rings (SSSR count). The van der Waals surface area contributed by atoms with E-state index < -0.39 is 0 Å². The number of amides is 1. The lowest BCUT2D eigenvalue weighted by Crippen LogP contribution is -2.11. The number of hydrogen-bond donors (Lipinski definition) is 2. The van der Waals surface area contributed by atoms with E-state index in [-0.39, 0.29) is 31.0 Å². The molecule has 0 saturated carbocycles. The number of carbonyl (C=O) groups excluding carboxylic acids is 1. The molecule has 1 aromatic carbocycles. The molecular weight excluding hydrogens is 344 g/mol. The minimum absolute atomic E-state index is 0. The number of rotatable bonds is 9. The number of nitrogens with two attached hydrogens (primary N) is 1. The maximum atomic E-state index is 12.2. The Hall–Kier alpha value is -1.86. The van der Waals surface area contributed by atoms with Gasteiger partial charge in [0.15, 0.2) is 0 Å². The minimum atomic E-state index is -0.234. The molecule has 0 fully saturated rings. The summed E-state index contributed by atoms with van der Waals surface area (Å²) in [6, 6.07) is 9.16. The lowest BCUT2D eigenvalue weighted by Gasteiger charge is -2.09. The third-order valence-corrected chi connectivity index (χ3v) is 3.25. The van der Waals surface area contributed by atoms with Gasteiger partial charge < -0.3 is 24.9 Å². The molecule has 6 nitrogen and oxygen atoms in total. The molecule has 0 aliphatic rings. The van der Waals surface area contributed by atoms with Crippen molar-refractivity contribution < 1.29 is 18.7 Å². The summed E-state index contributed by atoms with van der Waals surface area (Å²) in [5.74, 6) is 0.341. The van der Waals surface area contributed by atoms with Gasteiger partial charge >= 0.3 is 0 Å². The van der Waals surface area contributed by atoms with E-state index in [1.54, 1.807) is 6.07 Å². The predicted molar refractivity (Wildman–Crippen MR) is 99.0 cm³/mol. The van der Waals surface area contributed by atoms with Crippen molar-refractivity contribution in [3.05, 3.63) is 53.5 Å². The fourth-order valence-corrected chi connectivity index (χ4v) is 2.08. The lowest BCUT2D eigenvalue weighted by atomic mass is 10.2. The topological polar surface area (TPSA) is 86.7 Å². The van der Waals surface area contributed by atoms with Gasteiger partial charge in [-0.05, 0) is 37.6 Å². The summed E-state index contributed by atoms with van der Waals surface area (Å²) < 4.78 is 16.2. The van der Waals surface area contributed by atoms with Crippen molar-refractivity contribution in [3.8, 4) is 0 Å². The molecule has 2 aromatic rings. The molecule has 1 aromatic heterocycles. The molecule has 0 aliphatic carbocycles. The van der Waals surface area contributed by atoms with Gasteiger partial charge in [-0.25, -0.2) is 0 Å². The Kier molecular flexibility index (Phi) is 9.23. The van der Waals surface area contributed by atoms with E-state index in [0.29, 0.717) is 36.8 Å². The van der Waals surface area contributed by atoms with Crippen LogP contribution >= 0.6 is 12.4 Å². The average molecular weight is 369 g/mol. The van der Waals surface area contributed by atoms with Crippen LogP contribution < -0.4 is 11.1 Å². The number of hydrogen-bond acceptors (Lipinski definition) is 5. The zero-order valence-electron chi connectivity index (χ0n) is 14.5. The Morgan fingerprint density at radius 3 is 2.76 bits per heavy atom. The first-order chi connectivity index (χ1) is 11.6. The van der Waals surface area contributed by atoms with Crippen LogP contribution in [0.3, 0.4) is 0 Å². The lowest BCUT2D eigenvalue weighted by molar-refractivity contribution is 0.0143.